The Morgan fingerprint density at radius 2 is 1.96 bits per heavy atom. The number of aromatic nitrogens is 3. The second-order valence-electron chi connectivity index (χ2n) is 5.66. The molecule has 0 aromatic carbocycles. The topological polar surface area (TPSA) is 70.9 Å². The van der Waals surface area contributed by atoms with Crippen LogP contribution < -0.4 is 10.6 Å². The molecular weight excluding hydrogens is 315 g/mol. The Bertz CT molecular complexity index is 735. The molecule has 2 aliphatic heterocycles. The first kappa shape index (κ1) is 14.4. The number of hydrogen-bond acceptors (Lipinski definition) is 6. The molecule has 0 amide bonds. The van der Waals surface area contributed by atoms with Crippen molar-refractivity contribution >= 4 is 28.6 Å². The molecule has 2 aromatic heterocycles. The number of rotatable bonds is 2. The Balaban J connectivity index is 1.64. The third-order valence-corrected chi connectivity index (χ3v) is 5.34. The molecule has 0 bridgehead atoms. The zero-order valence-corrected chi connectivity index (χ0v) is 13.2. The quantitative estimate of drug-likeness (QED) is 0.835. The van der Waals surface area contributed by atoms with Crippen LogP contribution in [0.2, 0.25) is 0 Å². The second-order valence-corrected chi connectivity index (χ2v) is 6.70. The first-order valence-corrected chi connectivity index (χ1v) is 8.38. The lowest BCUT2D eigenvalue weighted by atomic mass is 10.1. The summed E-state index contributed by atoms with van der Waals surface area (Å²) in [5.41, 5.74) is 7.30. The summed E-state index contributed by atoms with van der Waals surface area (Å²) in [6, 6.07) is 4.19. The van der Waals surface area contributed by atoms with E-state index in [0.29, 0.717) is 11.9 Å². The molecule has 4 heterocycles. The van der Waals surface area contributed by atoms with Gasteiger partial charge >= 0.3 is 5.17 Å². The first-order valence-electron chi connectivity index (χ1n) is 7.39. The van der Waals surface area contributed by atoms with Gasteiger partial charge in [0.05, 0.1) is 18.9 Å². The molecule has 1 saturated heterocycles. The van der Waals surface area contributed by atoms with Gasteiger partial charge in [0.2, 0.25) is 5.95 Å². The number of nitrogens with two attached hydrogens (primary N) is 1. The van der Waals surface area contributed by atoms with Crippen molar-refractivity contribution in [3.05, 3.63) is 42.7 Å². The van der Waals surface area contributed by atoms with Crippen LogP contribution >= 0.6 is 11.8 Å². The summed E-state index contributed by atoms with van der Waals surface area (Å²) in [4.78, 5) is 14.4. The van der Waals surface area contributed by atoms with E-state index < -0.39 is 5.82 Å². The zero-order chi connectivity index (χ0) is 15.8. The molecule has 2 aliphatic rings. The number of anilines is 1. The van der Waals surface area contributed by atoms with Crippen molar-refractivity contribution in [3.8, 4) is 0 Å². The Hall–Kier alpha value is -2.22. The minimum atomic E-state index is -0.420. The van der Waals surface area contributed by atoms with E-state index in [1.165, 1.54) is 12.4 Å². The number of fused-ring (bicyclic) bond motifs is 1. The van der Waals surface area contributed by atoms with Gasteiger partial charge in [-0.15, -0.1) is 0 Å². The molecule has 0 spiro atoms. The van der Waals surface area contributed by atoms with Crippen molar-refractivity contribution in [3.63, 3.8) is 0 Å². The molecule has 0 radical (unpaired) electrons. The van der Waals surface area contributed by atoms with Crippen LogP contribution in [0, 0.1) is 11.7 Å². The van der Waals surface area contributed by atoms with Crippen molar-refractivity contribution in [2.24, 2.45) is 11.7 Å². The van der Waals surface area contributed by atoms with Crippen molar-refractivity contribution in [2.45, 2.75) is 6.04 Å². The molecule has 118 valence electrons. The van der Waals surface area contributed by atoms with Crippen LogP contribution in [0.25, 0.3) is 0 Å². The monoisotopic (exact) mass is 331 g/mol. The molecule has 4 rings (SSSR count). The van der Waals surface area contributed by atoms with E-state index in [4.69, 9.17) is 5.73 Å². The minimum Gasteiger partial charge on any atom is -0.336 e. The largest absolute Gasteiger partial charge is 0.336 e. The van der Waals surface area contributed by atoms with Crippen molar-refractivity contribution < 1.29 is 8.97 Å². The number of nitrogens with zero attached hydrogens (tertiary/aromatic N) is 5. The summed E-state index contributed by atoms with van der Waals surface area (Å²) in [6.45, 7) is 1.61. The molecule has 0 unspecified atom stereocenters. The van der Waals surface area contributed by atoms with Crippen molar-refractivity contribution in [1.82, 2.24) is 15.0 Å². The molecule has 0 saturated carbocycles. The smallest absolute Gasteiger partial charge is 0.309 e. The predicted octanol–water partition coefficient (Wildman–Crippen LogP) is 1.22. The Morgan fingerprint density at radius 1 is 1.22 bits per heavy atom. The molecule has 2 aromatic rings. The maximum atomic E-state index is 13.0. The van der Waals surface area contributed by atoms with E-state index >= 15 is 0 Å². The molecule has 2 N–H and O–H groups in total. The van der Waals surface area contributed by atoms with Crippen LogP contribution in [-0.2, 0) is 0 Å². The number of amidine groups is 1. The van der Waals surface area contributed by atoms with Gasteiger partial charge in [0, 0.05) is 42.7 Å². The number of thioether (sulfide) groups is 1. The van der Waals surface area contributed by atoms with E-state index in [2.05, 4.69) is 24.4 Å². The lowest BCUT2D eigenvalue weighted by molar-refractivity contribution is -0.486. The first-order chi connectivity index (χ1) is 11.2. The fourth-order valence-electron chi connectivity index (χ4n) is 3.19. The number of hydrogen-bond donors (Lipinski definition) is 1. The summed E-state index contributed by atoms with van der Waals surface area (Å²) < 4.78 is 15.2. The van der Waals surface area contributed by atoms with Crippen molar-refractivity contribution in [1.29, 1.82) is 0 Å². The van der Waals surface area contributed by atoms with E-state index in [1.54, 1.807) is 24.2 Å². The highest BCUT2D eigenvalue weighted by molar-refractivity contribution is 8.13. The van der Waals surface area contributed by atoms with Gasteiger partial charge in [-0.25, -0.2) is 18.9 Å². The van der Waals surface area contributed by atoms with Crippen molar-refractivity contribution in [2.75, 3.05) is 23.7 Å². The van der Waals surface area contributed by atoms with Gasteiger partial charge in [0.25, 0.3) is 0 Å². The highest BCUT2D eigenvalue weighted by Crippen LogP contribution is 2.33. The molecule has 6 nitrogen and oxygen atoms in total. The third-order valence-electron chi connectivity index (χ3n) is 4.25. The van der Waals surface area contributed by atoms with E-state index in [9.17, 15) is 4.39 Å². The molecule has 1 fully saturated rings. The van der Waals surface area contributed by atoms with E-state index in [0.717, 1.165) is 29.7 Å². The highest BCUT2D eigenvalue weighted by Gasteiger charge is 2.43. The lowest BCUT2D eigenvalue weighted by Crippen LogP contribution is -2.41. The molecular formula is C15H16FN6S+. The van der Waals surface area contributed by atoms with Gasteiger partial charge in [0.1, 0.15) is 11.7 Å². The summed E-state index contributed by atoms with van der Waals surface area (Å²) in [5, 5.41) is 0.805. The highest BCUT2D eigenvalue weighted by atomic mass is 32.2. The molecule has 2 atom stereocenters. The van der Waals surface area contributed by atoms with Gasteiger partial charge in [-0.2, -0.15) is 0 Å². The van der Waals surface area contributed by atoms with Crippen LogP contribution in [-0.4, -0.2) is 49.6 Å². The summed E-state index contributed by atoms with van der Waals surface area (Å²) in [5.74, 6) is 1.57. The van der Waals surface area contributed by atoms with E-state index in [1.807, 2.05) is 12.1 Å². The second kappa shape index (κ2) is 5.77. The maximum absolute atomic E-state index is 13.0. The Morgan fingerprint density at radius 3 is 2.70 bits per heavy atom. The molecule has 8 heteroatoms. The standard InChI is InChI=1S/C15H15FN6S/c16-11-5-19-15(20-6-11)21-7-10-9-23-14(17)22(13(10)8-21)12-1-3-18-4-2-12/h1-6,10,13,17H,7-9H2/p+1/t10-,13-/m0/s1. The molecule has 23 heavy (non-hydrogen) atoms. The van der Waals surface area contributed by atoms with Gasteiger partial charge in [0.15, 0.2) is 5.82 Å². The maximum Gasteiger partial charge on any atom is 0.309 e. The van der Waals surface area contributed by atoms with Crippen LogP contribution in [0.1, 0.15) is 0 Å². The number of halogens is 1. The third kappa shape index (κ3) is 2.63. The van der Waals surface area contributed by atoms with E-state index in [-0.39, 0.29) is 6.04 Å². The Labute approximate surface area is 137 Å². The summed E-state index contributed by atoms with van der Waals surface area (Å²) in [7, 11) is 0. The SMILES string of the molecule is NC1=[N+](c2ccncc2)[C@H]2CN(c3ncc(F)cn3)C[C@H]2CS1. The van der Waals surface area contributed by atoms with Gasteiger partial charge in [-0.3, -0.25) is 10.7 Å². The molecule has 0 aliphatic carbocycles. The average Bonchev–Trinajstić information content (AvgIpc) is 3.00. The van der Waals surface area contributed by atoms with Gasteiger partial charge in [-0.1, -0.05) is 0 Å². The summed E-state index contributed by atoms with van der Waals surface area (Å²) >= 11 is 1.67. The van der Waals surface area contributed by atoms with Crippen LogP contribution in [0.15, 0.2) is 36.9 Å². The fourth-order valence-corrected chi connectivity index (χ4v) is 4.28. The lowest BCUT2D eigenvalue weighted by Gasteiger charge is -2.24. The summed E-state index contributed by atoms with van der Waals surface area (Å²) in [6.07, 6.45) is 5.96. The predicted molar refractivity (Wildman–Crippen MR) is 87.3 cm³/mol. The zero-order valence-electron chi connectivity index (χ0n) is 12.3. The van der Waals surface area contributed by atoms with Crippen LogP contribution in [0.5, 0.6) is 0 Å². The van der Waals surface area contributed by atoms with Crippen LogP contribution in [0.3, 0.4) is 0 Å². The fraction of sp³-hybridized carbons (Fsp3) is 0.333. The van der Waals surface area contributed by atoms with Gasteiger partial charge in [-0.05, 0) is 11.8 Å². The normalized spacial score (nSPS) is 24.0. The number of pyridine rings is 1. The Kier molecular flexibility index (Phi) is 3.60. The average molecular weight is 331 g/mol. The van der Waals surface area contributed by atoms with Crippen LogP contribution in [0.4, 0.5) is 16.0 Å². The van der Waals surface area contributed by atoms with Gasteiger partial charge < -0.3 is 4.90 Å². The minimum absolute atomic E-state index is 0.257.